The average Bonchev–Trinajstić information content (AvgIpc) is 3.02. The summed E-state index contributed by atoms with van der Waals surface area (Å²) in [5.74, 6) is 1.32. The number of aryl methyl sites for hydroxylation is 1. The van der Waals surface area contributed by atoms with Crippen molar-refractivity contribution in [2.45, 2.75) is 77.8 Å². The second-order valence-corrected chi connectivity index (χ2v) is 8.11. The molecule has 0 spiro atoms. The van der Waals surface area contributed by atoms with Crippen LogP contribution in [0.4, 0.5) is 0 Å². The lowest BCUT2D eigenvalue weighted by Crippen LogP contribution is -2.39. The van der Waals surface area contributed by atoms with E-state index in [4.69, 9.17) is 0 Å². The summed E-state index contributed by atoms with van der Waals surface area (Å²) in [4.78, 5) is 19.0. The van der Waals surface area contributed by atoms with E-state index >= 15 is 0 Å². The third-order valence-electron chi connectivity index (χ3n) is 5.16. The molecular weight excluding hydrogens is 479 g/mol. The first-order valence-corrected chi connectivity index (χ1v) is 10.7. The van der Waals surface area contributed by atoms with Gasteiger partial charge in [0.25, 0.3) is 0 Å². The summed E-state index contributed by atoms with van der Waals surface area (Å²) in [6.07, 6.45) is 8.49. The number of guanidine groups is 1. The highest BCUT2D eigenvalue weighted by Gasteiger charge is 2.17. The van der Waals surface area contributed by atoms with Crippen molar-refractivity contribution in [3.8, 4) is 0 Å². The van der Waals surface area contributed by atoms with Crippen molar-refractivity contribution in [2.24, 2.45) is 12.0 Å². The molecule has 0 unspecified atom stereocenters. The van der Waals surface area contributed by atoms with Crippen molar-refractivity contribution in [1.82, 2.24) is 25.3 Å². The molecule has 1 saturated carbocycles. The number of carbonyl (C=O) groups excluding carboxylic acids is 1. The van der Waals surface area contributed by atoms with E-state index in [0.29, 0.717) is 24.9 Å². The summed E-state index contributed by atoms with van der Waals surface area (Å²) in [6, 6.07) is 0.362. The monoisotopic (exact) mass is 518 g/mol. The van der Waals surface area contributed by atoms with Gasteiger partial charge in [-0.3, -0.25) is 14.5 Å². The number of halogens is 1. The maximum absolute atomic E-state index is 12.2. The second kappa shape index (κ2) is 13.1. The van der Waals surface area contributed by atoms with Crippen molar-refractivity contribution in [3.63, 3.8) is 0 Å². The Kier molecular flexibility index (Phi) is 11.6. The Hall–Kier alpha value is -1.32. The normalized spacial score (nSPS) is 15.2. The number of aromatic nitrogens is 2. The molecule has 2 rings (SSSR count). The van der Waals surface area contributed by atoms with Crippen LogP contribution in [0.25, 0.3) is 0 Å². The second-order valence-electron chi connectivity index (χ2n) is 8.11. The molecule has 1 heterocycles. The predicted octanol–water partition coefficient (Wildman–Crippen LogP) is 3.40. The van der Waals surface area contributed by atoms with Gasteiger partial charge in [0.05, 0.1) is 12.2 Å². The van der Waals surface area contributed by atoms with Crippen LogP contribution in [0.1, 0.15) is 76.5 Å². The first kappa shape index (κ1) is 25.7. The van der Waals surface area contributed by atoms with Crippen LogP contribution in [-0.4, -0.2) is 52.7 Å². The number of nitrogens with zero attached hydrogens (tertiary/aromatic N) is 4. The smallest absolute Gasteiger partial charge is 0.222 e. The molecule has 1 aliphatic rings. The Labute approximate surface area is 193 Å². The van der Waals surface area contributed by atoms with Gasteiger partial charge in [-0.05, 0) is 25.7 Å². The van der Waals surface area contributed by atoms with Gasteiger partial charge >= 0.3 is 0 Å². The third kappa shape index (κ3) is 8.52. The maximum Gasteiger partial charge on any atom is 0.222 e. The van der Waals surface area contributed by atoms with Crippen LogP contribution < -0.4 is 10.6 Å². The zero-order chi connectivity index (χ0) is 20.5. The summed E-state index contributed by atoms with van der Waals surface area (Å²) < 4.78 is 1.87. The molecule has 1 aromatic rings. The number of hydrogen-bond acceptors (Lipinski definition) is 3. The Bertz CT molecular complexity index is 652. The zero-order valence-corrected chi connectivity index (χ0v) is 21.0. The standard InChI is InChI=1S/C21H38N6O.HI/c1-6-22-21(23-13-12-19(28)24-18-10-8-7-9-11-18)26(4)14-17-15-27(5)25-20(17)16(2)3;/h15-16,18H,6-14H2,1-5H3,(H,22,23)(H,24,28);1H. The minimum Gasteiger partial charge on any atom is -0.357 e. The molecule has 2 N–H and O–H groups in total. The van der Waals surface area contributed by atoms with Crippen molar-refractivity contribution in [2.75, 3.05) is 20.1 Å². The van der Waals surface area contributed by atoms with E-state index in [-0.39, 0.29) is 29.9 Å². The minimum atomic E-state index is 0. The zero-order valence-electron chi connectivity index (χ0n) is 18.7. The lowest BCUT2D eigenvalue weighted by Gasteiger charge is -2.23. The molecule has 1 aromatic heterocycles. The average molecular weight is 518 g/mol. The first-order valence-electron chi connectivity index (χ1n) is 10.7. The SMILES string of the molecule is CCNC(=NCCC(=O)NC1CCCCC1)N(C)Cc1cn(C)nc1C(C)C.I. The topological polar surface area (TPSA) is 74.6 Å². The lowest BCUT2D eigenvalue weighted by molar-refractivity contribution is -0.121. The molecule has 0 aliphatic heterocycles. The van der Waals surface area contributed by atoms with Gasteiger partial charge in [-0.1, -0.05) is 33.1 Å². The van der Waals surface area contributed by atoms with Crippen LogP contribution in [0, 0.1) is 0 Å². The fraction of sp³-hybridized carbons (Fsp3) is 0.762. The highest BCUT2D eigenvalue weighted by molar-refractivity contribution is 14.0. The van der Waals surface area contributed by atoms with Crippen molar-refractivity contribution in [3.05, 3.63) is 17.5 Å². The summed E-state index contributed by atoms with van der Waals surface area (Å²) in [5.41, 5.74) is 2.33. The fourth-order valence-electron chi connectivity index (χ4n) is 3.77. The van der Waals surface area contributed by atoms with Gasteiger partial charge < -0.3 is 15.5 Å². The Morgan fingerprint density at radius 1 is 1.34 bits per heavy atom. The van der Waals surface area contributed by atoms with E-state index < -0.39 is 0 Å². The number of nitrogens with one attached hydrogen (secondary N) is 2. The van der Waals surface area contributed by atoms with Crippen LogP contribution in [0.15, 0.2) is 11.2 Å². The van der Waals surface area contributed by atoms with Gasteiger partial charge in [0.2, 0.25) is 5.91 Å². The molecule has 0 atom stereocenters. The molecule has 8 heteroatoms. The number of aliphatic imine (C=N–C) groups is 1. The van der Waals surface area contributed by atoms with Crippen molar-refractivity contribution < 1.29 is 4.79 Å². The third-order valence-corrected chi connectivity index (χ3v) is 5.16. The van der Waals surface area contributed by atoms with Gasteiger partial charge in [-0.25, -0.2) is 0 Å². The first-order chi connectivity index (χ1) is 13.4. The highest BCUT2D eigenvalue weighted by Crippen LogP contribution is 2.19. The molecule has 1 aliphatic carbocycles. The summed E-state index contributed by atoms with van der Waals surface area (Å²) in [5, 5.41) is 11.1. The molecule has 0 aromatic carbocycles. The molecule has 1 amide bonds. The summed E-state index contributed by atoms with van der Waals surface area (Å²) in [6.45, 7) is 8.41. The summed E-state index contributed by atoms with van der Waals surface area (Å²) >= 11 is 0. The molecular formula is C21H39IN6O. The maximum atomic E-state index is 12.2. The van der Waals surface area contributed by atoms with E-state index in [2.05, 4.69) is 52.6 Å². The lowest BCUT2D eigenvalue weighted by atomic mass is 9.95. The molecule has 7 nitrogen and oxygen atoms in total. The van der Waals surface area contributed by atoms with E-state index in [0.717, 1.165) is 37.6 Å². The van der Waals surface area contributed by atoms with Crippen LogP contribution in [-0.2, 0) is 18.4 Å². The largest absolute Gasteiger partial charge is 0.357 e. The molecule has 1 fully saturated rings. The Balaban J connectivity index is 0.00000420. The van der Waals surface area contributed by atoms with Crippen LogP contribution in [0.3, 0.4) is 0 Å². The highest BCUT2D eigenvalue weighted by atomic mass is 127. The number of amides is 1. The van der Waals surface area contributed by atoms with Crippen molar-refractivity contribution >= 4 is 35.8 Å². The van der Waals surface area contributed by atoms with E-state index in [1.54, 1.807) is 0 Å². The molecule has 0 bridgehead atoms. The van der Waals surface area contributed by atoms with Gasteiger partial charge in [0, 0.05) is 51.4 Å². The van der Waals surface area contributed by atoms with Crippen LogP contribution >= 0.6 is 24.0 Å². The minimum absolute atomic E-state index is 0. The molecule has 0 radical (unpaired) electrons. The molecule has 29 heavy (non-hydrogen) atoms. The van der Waals surface area contributed by atoms with E-state index in [1.807, 2.05) is 18.8 Å². The van der Waals surface area contributed by atoms with Gasteiger partial charge in [-0.15, -0.1) is 24.0 Å². The number of rotatable bonds is 8. The Morgan fingerprint density at radius 3 is 2.66 bits per heavy atom. The van der Waals surface area contributed by atoms with Gasteiger partial charge in [-0.2, -0.15) is 5.10 Å². The van der Waals surface area contributed by atoms with E-state index in [1.165, 1.54) is 24.8 Å². The summed E-state index contributed by atoms with van der Waals surface area (Å²) in [7, 11) is 3.99. The van der Waals surface area contributed by atoms with Gasteiger partial charge in [0.15, 0.2) is 5.96 Å². The molecule has 0 saturated heterocycles. The van der Waals surface area contributed by atoms with Crippen LogP contribution in [0.5, 0.6) is 0 Å². The Morgan fingerprint density at radius 2 is 2.03 bits per heavy atom. The van der Waals surface area contributed by atoms with Crippen molar-refractivity contribution in [1.29, 1.82) is 0 Å². The predicted molar refractivity (Wildman–Crippen MR) is 130 cm³/mol. The molecule has 166 valence electrons. The van der Waals surface area contributed by atoms with Crippen LogP contribution in [0.2, 0.25) is 0 Å². The quantitative estimate of drug-likeness (QED) is 0.315. The van der Waals surface area contributed by atoms with E-state index in [9.17, 15) is 4.79 Å². The number of hydrogen-bond donors (Lipinski definition) is 2. The number of carbonyl (C=O) groups is 1. The van der Waals surface area contributed by atoms with Gasteiger partial charge in [0.1, 0.15) is 0 Å². The fourth-order valence-corrected chi connectivity index (χ4v) is 3.77.